The van der Waals surface area contributed by atoms with Crippen molar-refractivity contribution in [3.8, 4) is 5.75 Å². The maximum absolute atomic E-state index is 12.8. The molecule has 0 heterocycles. The summed E-state index contributed by atoms with van der Waals surface area (Å²) in [6.07, 6.45) is 0.752. The van der Waals surface area contributed by atoms with Crippen LogP contribution in [-0.4, -0.2) is 5.11 Å². The van der Waals surface area contributed by atoms with Gasteiger partial charge in [0.05, 0.1) is 0 Å². The minimum Gasteiger partial charge on any atom is -0.507 e. The molecule has 2 aromatic rings. The second kappa shape index (κ2) is 4.58. The lowest BCUT2D eigenvalue weighted by Crippen LogP contribution is -1.91. The van der Waals surface area contributed by atoms with E-state index in [9.17, 15) is 9.50 Å². The zero-order valence-electron chi connectivity index (χ0n) is 10.00. The molecule has 0 aromatic heterocycles. The summed E-state index contributed by atoms with van der Waals surface area (Å²) in [6, 6.07) is 10.4. The van der Waals surface area contributed by atoms with Crippen LogP contribution < -0.4 is 0 Å². The third-order valence-corrected chi connectivity index (χ3v) is 2.87. The van der Waals surface area contributed by atoms with Crippen LogP contribution in [-0.2, 0) is 6.42 Å². The molecule has 0 atom stereocenters. The maximum atomic E-state index is 12.8. The largest absolute Gasteiger partial charge is 0.507 e. The monoisotopic (exact) mass is 230 g/mol. The first kappa shape index (κ1) is 11.6. The maximum Gasteiger partial charge on any atom is 0.123 e. The average Bonchev–Trinajstić information content (AvgIpc) is 2.29. The van der Waals surface area contributed by atoms with E-state index in [1.54, 1.807) is 12.1 Å². The Hall–Kier alpha value is -1.83. The van der Waals surface area contributed by atoms with Gasteiger partial charge < -0.3 is 5.11 Å². The van der Waals surface area contributed by atoms with Crippen LogP contribution in [0.2, 0.25) is 0 Å². The second-order valence-corrected chi connectivity index (χ2v) is 4.38. The predicted molar refractivity (Wildman–Crippen MR) is 66.8 cm³/mol. The Bertz CT molecular complexity index is 506. The SMILES string of the molecule is Cc1cc(Cc2ccc(F)cc2)cc(C)c1O. The van der Waals surface area contributed by atoms with Crippen LogP contribution in [0.3, 0.4) is 0 Å². The fourth-order valence-electron chi connectivity index (χ4n) is 1.99. The van der Waals surface area contributed by atoms with Crippen LogP contribution in [0.4, 0.5) is 4.39 Å². The van der Waals surface area contributed by atoms with Crippen molar-refractivity contribution in [1.82, 2.24) is 0 Å². The van der Waals surface area contributed by atoms with Gasteiger partial charge in [0, 0.05) is 0 Å². The molecule has 0 radical (unpaired) electrons. The fourth-order valence-corrected chi connectivity index (χ4v) is 1.99. The zero-order chi connectivity index (χ0) is 12.4. The van der Waals surface area contributed by atoms with E-state index in [2.05, 4.69) is 0 Å². The van der Waals surface area contributed by atoms with E-state index in [1.165, 1.54) is 12.1 Å². The van der Waals surface area contributed by atoms with Crippen molar-refractivity contribution < 1.29 is 9.50 Å². The van der Waals surface area contributed by atoms with Crippen LogP contribution in [0.1, 0.15) is 22.3 Å². The van der Waals surface area contributed by atoms with Crippen molar-refractivity contribution in [3.63, 3.8) is 0 Å². The number of aryl methyl sites for hydroxylation is 2. The minimum absolute atomic E-state index is 0.216. The van der Waals surface area contributed by atoms with Gasteiger partial charge in [-0.2, -0.15) is 0 Å². The van der Waals surface area contributed by atoms with Crippen LogP contribution in [0, 0.1) is 19.7 Å². The molecule has 0 fully saturated rings. The number of hydrogen-bond acceptors (Lipinski definition) is 1. The topological polar surface area (TPSA) is 20.2 Å². The summed E-state index contributed by atoms with van der Waals surface area (Å²) >= 11 is 0. The lowest BCUT2D eigenvalue weighted by Gasteiger charge is -2.08. The highest BCUT2D eigenvalue weighted by atomic mass is 19.1. The molecular weight excluding hydrogens is 215 g/mol. The van der Waals surface area contributed by atoms with Crippen molar-refractivity contribution in [2.45, 2.75) is 20.3 Å². The number of rotatable bonds is 2. The molecule has 0 saturated heterocycles. The Morgan fingerprint density at radius 1 is 0.941 bits per heavy atom. The van der Waals surface area contributed by atoms with Gasteiger partial charge in [-0.15, -0.1) is 0 Å². The number of aromatic hydroxyl groups is 1. The molecule has 2 heteroatoms. The molecule has 0 bridgehead atoms. The lowest BCUT2D eigenvalue weighted by atomic mass is 10.00. The van der Waals surface area contributed by atoms with E-state index in [4.69, 9.17) is 0 Å². The van der Waals surface area contributed by atoms with Gasteiger partial charge >= 0.3 is 0 Å². The summed E-state index contributed by atoms with van der Waals surface area (Å²) in [5.74, 6) is 0.139. The molecule has 1 nitrogen and oxygen atoms in total. The Labute approximate surface area is 101 Å². The fraction of sp³-hybridized carbons (Fsp3) is 0.200. The summed E-state index contributed by atoms with van der Waals surface area (Å²) in [5.41, 5.74) is 3.95. The van der Waals surface area contributed by atoms with E-state index in [-0.39, 0.29) is 5.82 Å². The van der Waals surface area contributed by atoms with Crippen LogP contribution in [0.15, 0.2) is 36.4 Å². The summed E-state index contributed by atoms with van der Waals surface area (Å²) < 4.78 is 12.8. The molecule has 0 saturated carbocycles. The van der Waals surface area contributed by atoms with Gasteiger partial charge in [0.25, 0.3) is 0 Å². The van der Waals surface area contributed by atoms with Crippen molar-refractivity contribution >= 4 is 0 Å². The third kappa shape index (κ3) is 2.64. The Morgan fingerprint density at radius 3 is 2.00 bits per heavy atom. The normalized spacial score (nSPS) is 10.5. The van der Waals surface area contributed by atoms with Gasteiger partial charge in [-0.05, 0) is 54.7 Å². The number of halogens is 1. The smallest absolute Gasteiger partial charge is 0.123 e. The first-order valence-electron chi connectivity index (χ1n) is 5.60. The van der Waals surface area contributed by atoms with Gasteiger partial charge in [-0.3, -0.25) is 0 Å². The predicted octanol–water partition coefficient (Wildman–Crippen LogP) is 3.74. The van der Waals surface area contributed by atoms with Gasteiger partial charge in [0.1, 0.15) is 11.6 Å². The molecule has 0 aliphatic carbocycles. The molecule has 1 N–H and O–H groups in total. The van der Waals surface area contributed by atoms with E-state index in [0.717, 1.165) is 28.7 Å². The van der Waals surface area contributed by atoms with Gasteiger partial charge in [-0.1, -0.05) is 24.3 Å². The number of hydrogen-bond donors (Lipinski definition) is 1. The number of phenols is 1. The lowest BCUT2D eigenvalue weighted by molar-refractivity contribution is 0.466. The number of phenolic OH excluding ortho intramolecular Hbond substituents is 1. The summed E-state index contributed by atoms with van der Waals surface area (Å²) in [4.78, 5) is 0. The Kier molecular flexibility index (Phi) is 3.14. The molecule has 2 aromatic carbocycles. The van der Waals surface area contributed by atoms with Crippen molar-refractivity contribution in [3.05, 3.63) is 64.5 Å². The molecule has 0 amide bonds. The molecule has 88 valence electrons. The summed E-state index contributed by atoms with van der Waals surface area (Å²) in [6.45, 7) is 3.77. The molecule has 0 unspecified atom stereocenters. The second-order valence-electron chi connectivity index (χ2n) is 4.38. The zero-order valence-corrected chi connectivity index (χ0v) is 10.00. The first-order valence-corrected chi connectivity index (χ1v) is 5.60. The Balaban J connectivity index is 2.27. The molecule has 0 aliphatic heterocycles. The van der Waals surface area contributed by atoms with Gasteiger partial charge in [0.15, 0.2) is 0 Å². The van der Waals surface area contributed by atoms with E-state index < -0.39 is 0 Å². The van der Waals surface area contributed by atoms with E-state index >= 15 is 0 Å². The van der Waals surface area contributed by atoms with Crippen molar-refractivity contribution in [2.24, 2.45) is 0 Å². The van der Waals surface area contributed by atoms with Crippen molar-refractivity contribution in [2.75, 3.05) is 0 Å². The quantitative estimate of drug-likeness (QED) is 0.833. The average molecular weight is 230 g/mol. The van der Waals surface area contributed by atoms with Crippen molar-refractivity contribution in [1.29, 1.82) is 0 Å². The van der Waals surface area contributed by atoms with Crippen LogP contribution >= 0.6 is 0 Å². The van der Waals surface area contributed by atoms with E-state index in [0.29, 0.717) is 5.75 Å². The third-order valence-electron chi connectivity index (χ3n) is 2.87. The molecule has 17 heavy (non-hydrogen) atoms. The van der Waals surface area contributed by atoms with Crippen LogP contribution in [0.5, 0.6) is 5.75 Å². The first-order chi connectivity index (χ1) is 8.06. The molecule has 0 spiro atoms. The molecule has 2 rings (SSSR count). The minimum atomic E-state index is -0.216. The summed E-state index contributed by atoms with van der Waals surface area (Å²) in [7, 11) is 0. The molecule has 0 aliphatic rings. The highest BCUT2D eigenvalue weighted by Gasteiger charge is 2.04. The standard InChI is InChI=1S/C15H15FO/c1-10-7-13(8-11(2)15(10)17)9-12-3-5-14(16)6-4-12/h3-8,17H,9H2,1-2H3. The van der Waals surface area contributed by atoms with Gasteiger partial charge in [-0.25, -0.2) is 4.39 Å². The van der Waals surface area contributed by atoms with Gasteiger partial charge in [0.2, 0.25) is 0 Å². The Morgan fingerprint density at radius 2 is 1.47 bits per heavy atom. The van der Waals surface area contributed by atoms with E-state index in [1.807, 2.05) is 26.0 Å². The summed E-state index contributed by atoms with van der Waals surface area (Å²) in [5, 5.41) is 9.68. The number of benzene rings is 2. The highest BCUT2D eigenvalue weighted by Crippen LogP contribution is 2.24. The molecular formula is C15H15FO. The highest BCUT2D eigenvalue weighted by molar-refractivity contribution is 5.43. The van der Waals surface area contributed by atoms with Crippen LogP contribution in [0.25, 0.3) is 0 Å².